The van der Waals surface area contributed by atoms with E-state index in [0.29, 0.717) is 28.9 Å². The fraction of sp³-hybridized carbons (Fsp3) is 0.263. The quantitative estimate of drug-likeness (QED) is 0.857. The first kappa shape index (κ1) is 17.9. The van der Waals surface area contributed by atoms with E-state index in [1.54, 1.807) is 13.0 Å². The van der Waals surface area contributed by atoms with E-state index >= 15 is 0 Å². The lowest BCUT2D eigenvalue weighted by molar-refractivity contribution is -0.0172. The highest BCUT2D eigenvalue weighted by Gasteiger charge is 2.17. The molecule has 0 fully saturated rings. The molecule has 2 aromatic rings. The summed E-state index contributed by atoms with van der Waals surface area (Å²) in [5.74, 6) is -1.26. The first-order valence-corrected chi connectivity index (χ1v) is 8.09. The second-order valence-corrected chi connectivity index (χ2v) is 6.06. The smallest absolute Gasteiger partial charge is 0.335 e. The number of nitrogens with one attached hydrogen (secondary N) is 1. The number of hydrogen-bond donors (Lipinski definition) is 2. The maximum Gasteiger partial charge on any atom is 0.335 e. The summed E-state index contributed by atoms with van der Waals surface area (Å²) >= 11 is 0. The molecular weight excluding hydrogens is 341 g/mol. The van der Waals surface area contributed by atoms with Crippen LogP contribution in [0.2, 0.25) is 0 Å². The van der Waals surface area contributed by atoms with Crippen LogP contribution >= 0.6 is 0 Å². The molecule has 136 valence electrons. The zero-order valence-corrected chi connectivity index (χ0v) is 14.2. The number of hydrogen-bond acceptors (Lipinski definition) is 4. The summed E-state index contributed by atoms with van der Waals surface area (Å²) < 4.78 is 24.3. The van der Waals surface area contributed by atoms with Crippen molar-refractivity contribution in [1.29, 1.82) is 0 Å². The highest BCUT2D eigenvalue weighted by Crippen LogP contribution is 2.29. The molecule has 6 nitrogen and oxygen atoms in total. The standard InChI is InChI=1S/C19H18FNO5/c1-11-4-13(6-14(5-11)19(23)24)18(22)21-3-2-12-7-16(20)8-15-9-25-10-26-17(12)15/h4-8H,2-3,9-10H2,1H3,(H,21,22)(H,23,24). The van der Waals surface area contributed by atoms with Gasteiger partial charge in [0.1, 0.15) is 11.6 Å². The van der Waals surface area contributed by atoms with Crippen molar-refractivity contribution >= 4 is 11.9 Å². The molecular formula is C19H18FNO5. The molecule has 1 aliphatic rings. The molecule has 0 radical (unpaired) electrons. The van der Waals surface area contributed by atoms with Crippen molar-refractivity contribution in [3.8, 4) is 5.75 Å². The van der Waals surface area contributed by atoms with Crippen LogP contribution in [0, 0.1) is 12.7 Å². The predicted molar refractivity (Wildman–Crippen MR) is 90.9 cm³/mol. The Labute approximate surface area is 149 Å². The first-order chi connectivity index (χ1) is 12.4. The minimum atomic E-state index is -1.09. The molecule has 0 saturated heterocycles. The molecule has 0 atom stereocenters. The summed E-state index contributed by atoms with van der Waals surface area (Å²) in [6.45, 7) is 2.38. The summed E-state index contributed by atoms with van der Waals surface area (Å²) in [4.78, 5) is 23.4. The van der Waals surface area contributed by atoms with Crippen molar-refractivity contribution in [3.05, 3.63) is 64.0 Å². The number of fused-ring (bicyclic) bond motifs is 1. The molecule has 26 heavy (non-hydrogen) atoms. The van der Waals surface area contributed by atoms with Gasteiger partial charge in [-0.05, 0) is 54.8 Å². The zero-order valence-electron chi connectivity index (χ0n) is 14.2. The Kier molecular flexibility index (Phi) is 5.18. The van der Waals surface area contributed by atoms with Gasteiger partial charge in [0, 0.05) is 17.7 Å². The molecule has 2 N–H and O–H groups in total. The van der Waals surface area contributed by atoms with Gasteiger partial charge in [0.25, 0.3) is 5.91 Å². The largest absolute Gasteiger partial charge is 0.478 e. The molecule has 0 bridgehead atoms. The van der Waals surface area contributed by atoms with Gasteiger partial charge in [-0.15, -0.1) is 0 Å². The number of ether oxygens (including phenoxy) is 2. The van der Waals surface area contributed by atoms with Crippen LogP contribution in [0.25, 0.3) is 0 Å². The Bertz CT molecular complexity index is 865. The molecule has 0 saturated carbocycles. The second kappa shape index (κ2) is 7.53. The van der Waals surface area contributed by atoms with Gasteiger partial charge >= 0.3 is 5.97 Å². The van der Waals surface area contributed by atoms with Gasteiger partial charge in [-0.3, -0.25) is 4.79 Å². The van der Waals surface area contributed by atoms with Crippen LogP contribution in [0.1, 0.15) is 37.4 Å². The van der Waals surface area contributed by atoms with Crippen LogP contribution in [0.5, 0.6) is 5.75 Å². The highest BCUT2D eigenvalue weighted by atomic mass is 19.1. The van der Waals surface area contributed by atoms with E-state index in [9.17, 15) is 14.0 Å². The molecule has 7 heteroatoms. The van der Waals surface area contributed by atoms with Crippen molar-refractivity contribution in [2.45, 2.75) is 20.0 Å². The fourth-order valence-corrected chi connectivity index (χ4v) is 2.89. The Morgan fingerprint density at radius 3 is 2.73 bits per heavy atom. The number of carboxylic acid groups (broad SMARTS) is 1. The number of aromatic carboxylic acids is 1. The Hall–Kier alpha value is -2.93. The number of halogens is 1. The van der Waals surface area contributed by atoms with Gasteiger partial charge in [0.2, 0.25) is 0 Å². The van der Waals surface area contributed by atoms with Crippen LogP contribution in [0.4, 0.5) is 4.39 Å². The number of benzene rings is 2. The average Bonchev–Trinajstić information content (AvgIpc) is 2.60. The van der Waals surface area contributed by atoms with E-state index in [4.69, 9.17) is 14.6 Å². The van der Waals surface area contributed by atoms with Gasteiger partial charge in [-0.1, -0.05) is 0 Å². The second-order valence-electron chi connectivity index (χ2n) is 6.06. The Morgan fingerprint density at radius 2 is 1.96 bits per heavy atom. The lowest BCUT2D eigenvalue weighted by Crippen LogP contribution is -2.26. The molecule has 3 rings (SSSR count). The third-order valence-corrected chi connectivity index (χ3v) is 4.02. The van der Waals surface area contributed by atoms with E-state index < -0.39 is 5.97 Å². The Balaban J connectivity index is 1.68. The van der Waals surface area contributed by atoms with Crippen LogP contribution < -0.4 is 10.1 Å². The average molecular weight is 359 g/mol. The minimum Gasteiger partial charge on any atom is -0.478 e. The lowest BCUT2D eigenvalue weighted by atomic mass is 10.0. The van der Waals surface area contributed by atoms with Crippen molar-refractivity contribution in [2.24, 2.45) is 0 Å². The summed E-state index contributed by atoms with van der Waals surface area (Å²) in [7, 11) is 0. The topological polar surface area (TPSA) is 84.9 Å². The third kappa shape index (κ3) is 4.00. The SMILES string of the molecule is Cc1cc(C(=O)O)cc(C(=O)NCCc2cc(F)cc3c2OCOC3)c1. The molecule has 0 aliphatic carbocycles. The summed E-state index contributed by atoms with van der Waals surface area (Å²) in [5, 5.41) is 11.8. The highest BCUT2D eigenvalue weighted by molar-refractivity contribution is 5.97. The summed E-state index contributed by atoms with van der Waals surface area (Å²) in [6, 6.07) is 7.20. The van der Waals surface area contributed by atoms with Gasteiger partial charge in [0.15, 0.2) is 6.79 Å². The van der Waals surface area contributed by atoms with Crippen LogP contribution in [0.3, 0.4) is 0 Å². The first-order valence-electron chi connectivity index (χ1n) is 8.09. The van der Waals surface area contributed by atoms with Gasteiger partial charge in [-0.25, -0.2) is 9.18 Å². The van der Waals surface area contributed by atoms with Crippen molar-refractivity contribution in [1.82, 2.24) is 5.32 Å². The number of rotatable bonds is 5. The van der Waals surface area contributed by atoms with Crippen LogP contribution in [-0.4, -0.2) is 30.3 Å². The van der Waals surface area contributed by atoms with Crippen LogP contribution in [0.15, 0.2) is 30.3 Å². The van der Waals surface area contributed by atoms with Gasteiger partial charge in [0.05, 0.1) is 12.2 Å². The molecule has 0 unspecified atom stereocenters. The molecule has 0 spiro atoms. The minimum absolute atomic E-state index is 0.0581. The van der Waals surface area contributed by atoms with E-state index in [0.717, 1.165) is 0 Å². The van der Waals surface area contributed by atoms with E-state index in [1.807, 2.05) is 0 Å². The third-order valence-electron chi connectivity index (χ3n) is 4.02. The molecule has 1 amide bonds. The van der Waals surface area contributed by atoms with Crippen molar-refractivity contribution in [2.75, 3.05) is 13.3 Å². The monoisotopic (exact) mass is 359 g/mol. The number of amides is 1. The number of aryl methyl sites for hydroxylation is 1. The van der Waals surface area contributed by atoms with Crippen LogP contribution in [-0.2, 0) is 17.8 Å². The Morgan fingerprint density at radius 1 is 1.19 bits per heavy atom. The number of carbonyl (C=O) groups is 2. The predicted octanol–water partition coefficient (Wildman–Crippen LogP) is 2.67. The molecule has 0 aromatic heterocycles. The lowest BCUT2D eigenvalue weighted by Gasteiger charge is -2.21. The van der Waals surface area contributed by atoms with Crippen molar-refractivity contribution in [3.63, 3.8) is 0 Å². The maximum atomic E-state index is 13.7. The normalized spacial score (nSPS) is 12.8. The fourth-order valence-electron chi connectivity index (χ4n) is 2.89. The van der Waals surface area contributed by atoms with E-state index in [2.05, 4.69) is 5.32 Å². The number of carbonyl (C=O) groups excluding carboxylic acids is 1. The molecule has 2 aromatic carbocycles. The molecule has 1 aliphatic heterocycles. The van der Waals surface area contributed by atoms with E-state index in [1.165, 1.54) is 24.3 Å². The van der Waals surface area contributed by atoms with Gasteiger partial charge < -0.3 is 19.9 Å². The number of carboxylic acids is 1. The summed E-state index contributed by atoms with van der Waals surface area (Å²) in [6.07, 6.45) is 0.378. The van der Waals surface area contributed by atoms with E-state index in [-0.39, 0.29) is 42.8 Å². The van der Waals surface area contributed by atoms with Gasteiger partial charge in [-0.2, -0.15) is 0 Å². The molecule has 1 heterocycles. The summed E-state index contributed by atoms with van der Waals surface area (Å²) in [5.41, 5.74) is 2.31. The van der Waals surface area contributed by atoms with Crippen molar-refractivity contribution < 1.29 is 28.6 Å². The maximum absolute atomic E-state index is 13.7. The zero-order chi connectivity index (χ0) is 18.7.